The van der Waals surface area contributed by atoms with E-state index in [0.29, 0.717) is 24.4 Å². The predicted octanol–water partition coefficient (Wildman–Crippen LogP) is -0.812. The Morgan fingerprint density at radius 1 is 1.21 bits per heavy atom. The van der Waals surface area contributed by atoms with E-state index >= 15 is 0 Å². The van der Waals surface area contributed by atoms with Crippen molar-refractivity contribution in [1.82, 2.24) is 4.72 Å². The van der Waals surface area contributed by atoms with Crippen LogP contribution in [0, 0.1) is 0 Å². The van der Waals surface area contributed by atoms with E-state index in [2.05, 4.69) is 22.9 Å². The minimum absolute atomic E-state index is 0.351. The molecule has 0 aliphatic carbocycles. The summed E-state index contributed by atoms with van der Waals surface area (Å²) < 4.78 is 13.7. The maximum atomic E-state index is 10.8. The topological polar surface area (TPSA) is 146 Å². The molecule has 1 saturated heterocycles. The number of hydrogen-bond acceptors (Lipinski definition) is 8. The molecule has 24 heavy (non-hydrogen) atoms. The number of carbonyl (C=O) groups excluding carboxylic acids is 1. The van der Waals surface area contributed by atoms with Crippen LogP contribution in [0.4, 0.5) is 10.5 Å². The Hall–Kier alpha value is -1.56. The van der Waals surface area contributed by atoms with Gasteiger partial charge in [-0.05, 0) is 30.7 Å². The lowest BCUT2D eigenvalue weighted by Crippen LogP contribution is -2.59. The van der Waals surface area contributed by atoms with Crippen LogP contribution >= 0.6 is 12.8 Å². The van der Waals surface area contributed by atoms with Gasteiger partial charge in [-0.3, -0.25) is 4.72 Å². The highest BCUT2D eigenvalue weighted by molar-refractivity contribution is 7.78. The molecule has 2 rings (SSSR count). The van der Waals surface area contributed by atoms with Gasteiger partial charge >= 0.3 is 6.03 Å². The van der Waals surface area contributed by atoms with Crippen molar-refractivity contribution in [2.24, 2.45) is 5.73 Å². The zero-order valence-electron chi connectivity index (χ0n) is 12.7. The van der Waals surface area contributed by atoms with Gasteiger partial charge in [-0.1, -0.05) is 12.8 Å². The van der Waals surface area contributed by atoms with Crippen LogP contribution in [0.2, 0.25) is 0 Å². The van der Waals surface area contributed by atoms with E-state index in [9.17, 15) is 20.1 Å². The lowest BCUT2D eigenvalue weighted by Gasteiger charge is -2.40. The monoisotopic (exact) mass is 359 g/mol. The van der Waals surface area contributed by atoms with Gasteiger partial charge in [0.25, 0.3) is 0 Å². The number of primary amides is 1. The molecule has 7 N–H and O–H groups in total. The second kappa shape index (κ2) is 8.51. The van der Waals surface area contributed by atoms with E-state index in [1.807, 2.05) is 0 Å². The number of rotatable bonds is 6. The molecular formula is C14H21N3O6S. The van der Waals surface area contributed by atoms with Crippen LogP contribution in [0.15, 0.2) is 24.3 Å². The number of aliphatic hydroxyl groups excluding tert-OH is 3. The minimum atomic E-state index is -1.41. The summed E-state index contributed by atoms with van der Waals surface area (Å²) in [6.45, 7) is 0.438. The molecule has 2 amide bonds. The average Bonchev–Trinajstić information content (AvgIpc) is 2.55. The van der Waals surface area contributed by atoms with Crippen LogP contribution in [0.3, 0.4) is 0 Å². The highest BCUT2D eigenvalue weighted by Crippen LogP contribution is 2.26. The standard InChI is InChI=1S/C14H21N3O6S/c15-14(21)17-7-1-3-8(4-2-7)22-13-12(20)11(19)10(18)9(23-13)5-6-16-24/h1-4,9-13,16,18-20,24H,5-6H2,(H3,15,17,21)/t9?,10-,11?,12?,13+/m1/s1. The molecular weight excluding hydrogens is 338 g/mol. The second-order valence-electron chi connectivity index (χ2n) is 5.34. The second-order valence-corrected chi connectivity index (χ2v) is 5.66. The van der Waals surface area contributed by atoms with E-state index in [-0.39, 0.29) is 0 Å². The molecule has 0 aromatic heterocycles. The van der Waals surface area contributed by atoms with Gasteiger partial charge in [-0.15, -0.1) is 0 Å². The Morgan fingerprint density at radius 3 is 2.46 bits per heavy atom. The summed E-state index contributed by atoms with van der Waals surface area (Å²) in [6, 6.07) is 5.52. The summed E-state index contributed by atoms with van der Waals surface area (Å²) in [6.07, 6.45) is -5.54. The molecule has 0 spiro atoms. The summed E-state index contributed by atoms with van der Waals surface area (Å²) in [5, 5.41) is 32.3. The number of nitrogens with one attached hydrogen (secondary N) is 2. The van der Waals surface area contributed by atoms with Gasteiger partial charge in [-0.25, -0.2) is 4.79 Å². The number of amides is 2. The molecule has 0 radical (unpaired) electrons. The SMILES string of the molecule is NC(=O)Nc1ccc(O[C@H]2OC(CCNS)[C@@H](O)C(O)C2O)cc1. The summed E-state index contributed by atoms with van der Waals surface area (Å²) in [5.74, 6) is 0.351. The first-order chi connectivity index (χ1) is 11.4. The molecule has 1 aromatic rings. The van der Waals surface area contributed by atoms with Crippen molar-refractivity contribution in [3.63, 3.8) is 0 Å². The lowest BCUT2D eigenvalue weighted by atomic mass is 9.97. The van der Waals surface area contributed by atoms with E-state index in [1.54, 1.807) is 24.3 Å². The predicted molar refractivity (Wildman–Crippen MR) is 88.6 cm³/mol. The summed E-state index contributed by atoms with van der Waals surface area (Å²) in [5.41, 5.74) is 5.50. The third kappa shape index (κ3) is 4.72. The largest absolute Gasteiger partial charge is 0.462 e. The van der Waals surface area contributed by atoms with Gasteiger partial charge in [0.05, 0.1) is 6.10 Å². The number of hydrogen-bond donors (Lipinski definition) is 7. The quantitative estimate of drug-likeness (QED) is 0.329. The van der Waals surface area contributed by atoms with Crippen LogP contribution in [-0.2, 0) is 4.74 Å². The average molecular weight is 359 g/mol. The fourth-order valence-corrected chi connectivity index (χ4v) is 2.48. The van der Waals surface area contributed by atoms with E-state index in [1.165, 1.54) is 0 Å². The molecule has 9 nitrogen and oxygen atoms in total. The van der Waals surface area contributed by atoms with Crippen molar-refractivity contribution < 1.29 is 29.6 Å². The summed E-state index contributed by atoms with van der Waals surface area (Å²) in [7, 11) is 0. The Balaban J connectivity index is 2.02. The first-order valence-corrected chi connectivity index (χ1v) is 7.77. The number of nitrogens with two attached hydrogens (primary N) is 1. The van der Waals surface area contributed by atoms with Crippen LogP contribution in [0.25, 0.3) is 0 Å². The van der Waals surface area contributed by atoms with Gasteiger partial charge in [0.2, 0.25) is 6.29 Å². The smallest absolute Gasteiger partial charge is 0.316 e. The third-order valence-electron chi connectivity index (χ3n) is 3.58. The van der Waals surface area contributed by atoms with Crippen LogP contribution in [0.1, 0.15) is 6.42 Å². The molecule has 1 aromatic carbocycles. The molecule has 1 aliphatic heterocycles. The van der Waals surface area contributed by atoms with E-state index in [0.717, 1.165) is 0 Å². The Bertz CT molecular complexity index is 546. The number of carbonyl (C=O) groups is 1. The van der Waals surface area contributed by atoms with Gasteiger partial charge < -0.3 is 35.8 Å². The highest BCUT2D eigenvalue weighted by atomic mass is 32.1. The Labute approximate surface area is 144 Å². The molecule has 134 valence electrons. The van der Waals surface area contributed by atoms with Crippen molar-refractivity contribution in [2.75, 3.05) is 11.9 Å². The van der Waals surface area contributed by atoms with Crippen molar-refractivity contribution in [3.8, 4) is 5.75 Å². The fourth-order valence-electron chi connectivity index (χ4n) is 2.35. The van der Waals surface area contributed by atoms with E-state index < -0.39 is 36.7 Å². The first kappa shape index (κ1) is 18.8. The van der Waals surface area contributed by atoms with Gasteiger partial charge in [0.15, 0.2) is 0 Å². The Morgan fingerprint density at radius 2 is 1.88 bits per heavy atom. The fraction of sp³-hybridized carbons (Fsp3) is 0.500. The molecule has 5 atom stereocenters. The third-order valence-corrected chi connectivity index (χ3v) is 3.81. The zero-order chi connectivity index (χ0) is 17.7. The highest BCUT2D eigenvalue weighted by Gasteiger charge is 2.44. The number of aliphatic hydroxyl groups is 3. The molecule has 3 unspecified atom stereocenters. The number of ether oxygens (including phenoxy) is 2. The zero-order valence-corrected chi connectivity index (χ0v) is 13.6. The molecule has 1 aliphatic rings. The molecule has 1 heterocycles. The number of anilines is 1. The van der Waals surface area contributed by atoms with Crippen molar-refractivity contribution in [2.45, 2.75) is 37.1 Å². The first-order valence-electron chi connectivity index (χ1n) is 7.32. The van der Waals surface area contributed by atoms with Crippen molar-refractivity contribution >= 4 is 24.5 Å². The van der Waals surface area contributed by atoms with Crippen LogP contribution in [0.5, 0.6) is 5.75 Å². The van der Waals surface area contributed by atoms with Crippen molar-refractivity contribution in [1.29, 1.82) is 0 Å². The number of thiol groups is 1. The van der Waals surface area contributed by atoms with Gasteiger partial charge in [0.1, 0.15) is 24.1 Å². The number of urea groups is 1. The van der Waals surface area contributed by atoms with E-state index in [4.69, 9.17) is 15.2 Å². The molecule has 0 bridgehead atoms. The number of benzene rings is 1. The molecule has 1 fully saturated rings. The maximum Gasteiger partial charge on any atom is 0.316 e. The van der Waals surface area contributed by atoms with Crippen LogP contribution in [-0.4, -0.2) is 58.6 Å². The van der Waals surface area contributed by atoms with Crippen LogP contribution < -0.4 is 20.5 Å². The molecule has 0 saturated carbocycles. The van der Waals surface area contributed by atoms with Gasteiger partial charge in [0, 0.05) is 12.2 Å². The Kier molecular flexibility index (Phi) is 6.66. The molecule has 10 heteroatoms. The minimum Gasteiger partial charge on any atom is -0.462 e. The normalized spacial score (nSPS) is 29.9. The van der Waals surface area contributed by atoms with Gasteiger partial charge in [-0.2, -0.15) is 0 Å². The summed E-state index contributed by atoms with van der Waals surface area (Å²) >= 11 is 3.86. The lowest BCUT2D eigenvalue weighted by molar-refractivity contribution is -0.272. The maximum absolute atomic E-state index is 10.8. The van der Waals surface area contributed by atoms with Crippen molar-refractivity contribution in [3.05, 3.63) is 24.3 Å². The summed E-state index contributed by atoms with van der Waals surface area (Å²) in [4.78, 5) is 10.8.